The van der Waals surface area contributed by atoms with Crippen LogP contribution in [-0.2, 0) is 0 Å². The van der Waals surface area contributed by atoms with Gasteiger partial charge in [-0.2, -0.15) is 5.10 Å². The molecule has 24 heavy (non-hydrogen) atoms. The number of hydrogen-bond donors (Lipinski definition) is 2. The third-order valence-electron chi connectivity index (χ3n) is 3.86. The number of benzene rings is 1. The van der Waals surface area contributed by atoms with E-state index in [1.165, 1.54) is 6.92 Å². The van der Waals surface area contributed by atoms with Crippen molar-refractivity contribution in [3.63, 3.8) is 0 Å². The molecule has 0 saturated carbocycles. The number of carbonyl (C=O) groups is 1. The summed E-state index contributed by atoms with van der Waals surface area (Å²) in [7, 11) is 1.61. The van der Waals surface area contributed by atoms with Gasteiger partial charge in [-0.05, 0) is 37.0 Å². The summed E-state index contributed by atoms with van der Waals surface area (Å²) in [6.45, 7) is 3.96. The number of H-pyrrole nitrogens is 1. The molecule has 2 rings (SSSR count). The van der Waals surface area contributed by atoms with Gasteiger partial charge in [-0.1, -0.05) is 19.1 Å². The number of aromatic nitrogens is 2. The second-order valence-corrected chi connectivity index (χ2v) is 5.52. The third-order valence-corrected chi connectivity index (χ3v) is 3.86. The van der Waals surface area contributed by atoms with E-state index >= 15 is 0 Å². The van der Waals surface area contributed by atoms with E-state index in [1.54, 1.807) is 7.11 Å². The first-order valence-electron chi connectivity index (χ1n) is 7.55. The first-order valence-corrected chi connectivity index (χ1v) is 7.55. The number of nitrogens with zero attached hydrogens (tertiary/aromatic N) is 2. The smallest absolute Gasteiger partial charge is 0.322 e. The predicted octanol–water partition coefficient (Wildman–Crippen LogP) is 2.56. The van der Waals surface area contributed by atoms with Crippen molar-refractivity contribution in [2.45, 2.75) is 26.2 Å². The highest BCUT2D eigenvalue weighted by Crippen LogP contribution is 2.22. The fourth-order valence-electron chi connectivity index (χ4n) is 2.39. The van der Waals surface area contributed by atoms with Crippen molar-refractivity contribution in [2.24, 2.45) is 0 Å². The van der Waals surface area contributed by atoms with Crippen LogP contribution < -0.4 is 10.1 Å². The Balaban J connectivity index is 1.91. The van der Waals surface area contributed by atoms with Gasteiger partial charge in [0, 0.05) is 6.54 Å². The van der Waals surface area contributed by atoms with Gasteiger partial charge in [0.15, 0.2) is 0 Å². The molecule has 8 heteroatoms. The van der Waals surface area contributed by atoms with Crippen LogP contribution in [0.5, 0.6) is 5.75 Å². The molecule has 0 aliphatic carbocycles. The van der Waals surface area contributed by atoms with Gasteiger partial charge in [0.25, 0.3) is 5.91 Å². The van der Waals surface area contributed by atoms with Crippen LogP contribution in [0, 0.1) is 17.0 Å². The second-order valence-electron chi connectivity index (χ2n) is 5.52. The number of methoxy groups -OCH3 is 1. The monoisotopic (exact) mass is 332 g/mol. The molecular weight excluding hydrogens is 312 g/mol. The normalized spacial score (nSPS) is 11.8. The van der Waals surface area contributed by atoms with Crippen LogP contribution in [-0.4, -0.2) is 34.7 Å². The lowest BCUT2D eigenvalue weighted by Crippen LogP contribution is -2.26. The van der Waals surface area contributed by atoms with Crippen LogP contribution in [0.3, 0.4) is 0 Å². The van der Waals surface area contributed by atoms with E-state index < -0.39 is 10.8 Å². The van der Waals surface area contributed by atoms with E-state index in [9.17, 15) is 14.9 Å². The lowest BCUT2D eigenvalue weighted by atomic mass is 9.98. The molecule has 128 valence electrons. The molecule has 0 aliphatic rings. The Bertz CT molecular complexity index is 724. The van der Waals surface area contributed by atoms with E-state index in [2.05, 4.69) is 22.4 Å². The molecular formula is C16H20N4O4. The standard InChI is InChI=1S/C16H20N4O4/c1-10(12-4-6-13(24-3)7-5-12)8-9-17-16(21)14-15(20(22)23)11(2)18-19-14/h4-7,10H,8-9H2,1-3H3,(H,17,21)(H,18,19)/t10-/m1/s1. The van der Waals surface area contributed by atoms with Crippen LogP contribution in [0.2, 0.25) is 0 Å². The Labute approximate surface area is 139 Å². The Kier molecular flexibility index (Phi) is 5.51. The molecule has 1 atom stereocenters. The van der Waals surface area contributed by atoms with Crippen molar-refractivity contribution in [3.05, 3.63) is 51.3 Å². The molecule has 0 aliphatic heterocycles. The van der Waals surface area contributed by atoms with Crippen LogP contribution in [0.15, 0.2) is 24.3 Å². The minimum Gasteiger partial charge on any atom is -0.497 e. The van der Waals surface area contributed by atoms with Gasteiger partial charge in [0.05, 0.1) is 12.0 Å². The molecule has 0 unspecified atom stereocenters. The number of nitro groups is 1. The summed E-state index contributed by atoms with van der Waals surface area (Å²) in [6, 6.07) is 7.74. The van der Waals surface area contributed by atoms with Crippen molar-refractivity contribution in [1.82, 2.24) is 15.5 Å². The number of ether oxygens (including phenoxy) is 1. The van der Waals surface area contributed by atoms with Gasteiger partial charge in [-0.15, -0.1) is 0 Å². The van der Waals surface area contributed by atoms with E-state index in [0.717, 1.165) is 11.3 Å². The summed E-state index contributed by atoms with van der Waals surface area (Å²) >= 11 is 0. The van der Waals surface area contributed by atoms with Crippen molar-refractivity contribution < 1.29 is 14.5 Å². The number of hydrogen-bond acceptors (Lipinski definition) is 5. The zero-order valence-corrected chi connectivity index (χ0v) is 13.8. The summed E-state index contributed by atoms with van der Waals surface area (Å²) < 4.78 is 5.12. The molecule has 1 aromatic carbocycles. The zero-order valence-electron chi connectivity index (χ0n) is 13.8. The SMILES string of the molecule is COc1ccc([C@H](C)CCNC(=O)c2n[nH]c(C)c2[N+](=O)[O-])cc1. The van der Waals surface area contributed by atoms with Crippen molar-refractivity contribution in [1.29, 1.82) is 0 Å². The maximum atomic E-state index is 12.1. The topological polar surface area (TPSA) is 110 Å². The molecule has 0 fully saturated rings. The van der Waals surface area contributed by atoms with Crippen LogP contribution >= 0.6 is 0 Å². The summed E-state index contributed by atoms with van der Waals surface area (Å²) in [4.78, 5) is 22.4. The quantitative estimate of drug-likeness (QED) is 0.598. The summed E-state index contributed by atoms with van der Waals surface area (Å²) in [5.41, 5.74) is 0.925. The van der Waals surface area contributed by atoms with Gasteiger partial charge >= 0.3 is 5.69 Å². The second kappa shape index (κ2) is 7.58. The highest BCUT2D eigenvalue weighted by atomic mass is 16.6. The fraction of sp³-hybridized carbons (Fsp3) is 0.375. The average Bonchev–Trinajstić information content (AvgIpc) is 2.96. The molecule has 0 spiro atoms. The summed E-state index contributed by atoms with van der Waals surface area (Å²) in [6.07, 6.45) is 0.704. The largest absolute Gasteiger partial charge is 0.497 e. The first-order chi connectivity index (χ1) is 11.4. The highest BCUT2D eigenvalue weighted by molar-refractivity contribution is 5.96. The number of rotatable bonds is 7. The van der Waals surface area contributed by atoms with Gasteiger partial charge in [-0.3, -0.25) is 20.0 Å². The minimum atomic E-state index is -0.603. The summed E-state index contributed by atoms with van der Waals surface area (Å²) in [5, 5.41) is 19.9. The van der Waals surface area contributed by atoms with E-state index in [1.807, 2.05) is 24.3 Å². The molecule has 2 N–H and O–H groups in total. The Morgan fingerprint density at radius 2 is 2.08 bits per heavy atom. The third kappa shape index (κ3) is 3.89. The van der Waals surface area contributed by atoms with E-state index in [0.29, 0.717) is 13.0 Å². The van der Waals surface area contributed by atoms with Crippen LogP contribution in [0.4, 0.5) is 5.69 Å². The number of amides is 1. The Morgan fingerprint density at radius 1 is 1.42 bits per heavy atom. The average molecular weight is 332 g/mol. The molecule has 0 bridgehead atoms. The van der Waals surface area contributed by atoms with E-state index in [4.69, 9.17) is 4.74 Å². The van der Waals surface area contributed by atoms with Gasteiger partial charge in [0.1, 0.15) is 11.4 Å². The fourth-order valence-corrected chi connectivity index (χ4v) is 2.39. The predicted molar refractivity (Wildman–Crippen MR) is 88.3 cm³/mol. The Hall–Kier alpha value is -2.90. The van der Waals surface area contributed by atoms with Gasteiger partial charge in [-0.25, -0.2) is 0 Å². The zero-order chi connectivity index (χ0) is 17.7. The summed E-state index contributed by atoms with van der Waals surface area (Å²) in [5.74, 6) is 0.473. The van der Waals surface area contributed by atoms with Crippen LogP contribution in [0.1, 0.15) is 41.0 Å². The van der Waals surface area contributed by atoms with Crippen molar-refractivity contribution in [2.75, 3.05) is 13.7 Å². The number of aryl methyl sites for hydroxylation is 1. The molecule has 0 radical (unpaired) electrons. The minimum absolute atomic E-state index is 0.186. The van der Waals surface area contributed by atoms with E-state index in [-0.39, 0.29) is 23.0 Å². The van der Waals surface area contributed by atoms with Gasteiger partial charge in [0.2, 0.25) is 5.69 Å². The lowest BCUT2D eigenvalue weighted by Gasteiger charge is -2.12. The number of nitrogens with one attached hydrogen (secondary N) is 2. The van der Waals surface area contributed by atoms with Gasteiger partial charge < -0.3 is 10.1 Å². The molecule has 1 heterocycles. The highest BCUT2D eigenvalue weighted by Gasteiger charge is 2.26. The number of carbonyl (C=O) groups excluding carboxylic acids is 1. The maximum absolute atomic E-state index is 12.1. The maximum Gasteiger partial charge on any atom is 0.322 e. The lowest BCUT2D eigenvalue weighted by molar-refractivity contribution is -0.385. The molecule has 8 nitrogen and oxygen atoms in total. The molecule has 0 saturated heterocycles. The number of aromatic amines is 1. The Morgan fingerprint density at radius 3 is 2.67 bits per heavy atom. The van der Waals surface area contributed by atoms with Crippen molar-refractivity contribution in [3.8, 4) is 5.75 Å². The molecule has 1 aromatic heterocycles. The molecule has 1 amide bonds. The van der Waals surface area contributed by atoms with Crippen molar-refractivity contribution >= 4 is 11.6 Å². The van der Waals surface area contributed by atoms with Crippen LogP contribution in [0.25, 0.3) is 0 Å². The first kappa shape index (κ1) is 17.5. The molecule has 2 aromatic rings.